The van der Waals surface area contributed by atoms with Crippen molar-refractivity contribution in [2.24, 2.45) is 0 Å². The van der Waals surface area contributed by atoms with Crippen molar-refractivity contribution in [2.75, 3.05) is 13.6 Å². The van der Waals surface area contributed by atoms with Crippen LogP contribution in [0.15, 0.2) is 30.5 Å². The van der Waals surface area contributed by atoms with Gasteiger partial charge in [0.1, 0.15) is 0 Å². The van der Waals surface area contributed by atoms with E-state index in [2.05, 4.69) is 15.5 Å². The van der Waals surface area contributed by atoms with E-state index in [1.54, 1.807) is 6.20 Å². The number of aromatic amines is 1. The third-order valence-electron chi connectivity index (χ3n) is 2.86. The number of nitrogens with one attached hydrogen (secondary N) is 2. The first-order valence-electron chi connectivity index (χ1n) is 5.87. The van der Waals surface area contributed by atoms with Gasteiger partial charge in [-0.2, -0.15) is 18.3 Å². The van der Waals surface area contributed by atoms with Gasteiger partial charge in [0.15, 0.2) is 0 Å². The molecule has 2 N–H and O–H groups in total. The van der Waals surface area contributed by atoms with Crippen LogP contribution >= 0.6 is 0 Å². The van der Waals surface area contributed by atoms with Crippen molar-refractivity contribution in [1.29, 1.82) is 0 Å². The van der Waals surface area contributed by atoms with E-state index in [-0.39, 0.29) is 0 Å². The summed E-state index contributed by atoms with van der Waals surface area (Å²) < 4.78 is 37.4. The molecule has 0 saturated heterocycles. The maximum Gasteiger partial charge on any atom is 0.416 e. The highest BCUT2D eigenvalue weighted by atomic mass is 19.4. The fourth-order valence-corrected chi connectivity index (χ4v) is 1.84. The van der Waals surface area contributed by atoms with Crippen molar-refractivity contribution >= 4 is 0 Å². The summed E-state index contributed by atoms with van der Waals surface area (Å²) in [5.41, 5.74) is 1.81. The first kappa shape index (κ1) is 13.6. The summed E-state index contributed by atoms with van der Waals surface area (Å²) >= 11 is 0. The molecule has 1 aromatic heterocycles. The first-order chi connectivity index (χ1) is 9.02. The lowest BCUT2D eigenvalue weighted by Crippen LogP contribution is -2.10. The third-order valence-corrected chi connectivity index (χ3v) is 2.86. The molecule has 3 nitrogen and oxygen atoms in total. The molecule has 2 rings (SSSR count). The Morgan fingerprint density at radius 1 is 1.21 bits per heavy atom. The zero-order valence-corrected chi connectivity index (χ0v) is 10.4. The number of alkyl halides is 3. The summed E-state index contributed by atoms with van der Waals surface area (Å²) in [6, 6.07) is 5.08. The lowest BCUT2D eigenvalue weighted by Gasteiger charge is -2.08. The second-order valence-corrected chi connectivity index (χ2v) is 4.20. The summed E-state index contributed by atoms with van der Waals surface area (Å²) in [6.07, 6.45) is -1.84. The van der Waals surface area contributed by atoms with Crippen molar-refractivity contribution in [1.82, 2.24) is 15.5 Å². The number of rotatable bonds is 4. The molecule has 0 atom stereocenters. The second kappa shape index (κ2) is 5.44. The third kappa shape index (κ3) is 3.14. The SMILES string of the molecule is CNCCc1cn[nH]c1-c1ccc(C(F)(F)F)cc1. The summed E-state index contributed by atoms with van der Waals surface area (Å²) in [5.74, 6) is 0. The summed E-state index contributed by atoms with van der Waals surface area (Å²) in [7, 11) is 1.85. The molecule has 0 radical (unpaired) electrons. The number of nitrogens with zero attached hydrogens (tertiary/aromatic N) is 1. The van der Waals surface area contributed by atoms with Crippen LogP contribution in [0.25, 0.3) is 11.3 Å². The molecule has 0 spiro atoms. The molecule has 0 saturated carbocycles. The number of halogens is 3. The van der Waals surface area contributed by atoms with Crippen LogP contribution in [-0.4, -0.2) is 23.8 Å². The van der Waals surface area contributed by atoms with E-state index < -0.39 is 11.7 Å². The van der Waals surface area contributed by atoms with E-state index in [1.165, 1.54) is 12.1 Å². The first-order valence-corrected chi connectivity index (χ1v) is 5.87. The van der Waals surface area contributed by atoms with Crippen LogP contribution < -0.4 is 5.32 Å². The number of aromatic nitrogens is 2. The summed E-state index contributed by atoms with van der Waals surface area (Å²) in [6.45, 7) is 0.785. The van der Waals surface area contributed by atoms with Gasteiger partial charge in [-0.1, -0.05) is 12.1 Å². The fraction of sp³-hybridized carbons (Fsp3) is 0.308. The minimum atomic E-state index is -4.30. The van der Waals surface area contributed by atoms with Crippen LogP contribution in [0, 0.1) is 0 Å². The molecule has 1 heterocycles. The van der Waals surface area contributed by atoms with Crippen LogP contribution in [0.3, 0.4) is 0 Å². The largest absolute Gasteiger partial charge is 0.416 e. The average molecular weight is 269 g/mol. The van der Waals surface area contributed by atoms with Gasteiger partial charge in [-0.05, 0) is 43.3 Å². The van der Waals surface area contributed by atoms with Gasteiger partial charge < -0.3 is 5.32 Å². The molecule has 2 aromatic rings. The Balaban J connectivity index is 2.25. The molecule has 6 heteroatoms. The predicted molar refractivity (Wildman–Crippen MR) is 66.7 cm³/mol. The average Bonchev–Trinajstić information content (AvgIpc) is 2.83. The Labute approximate surface area is 108 Å². The standard InChI is InChI=1S/C13H14F3N3/c1-17-7-6-10-8-18-19-12(10)9-2-4-11(5-3-9)13(14,15)16/h2-5,8,17H,6-7H2,1H3,(H,18,19). The maximum absolute atomic E-state index is 12.5. The Morgan fingerprint density at radius 2 is 1.89 bits per heavy atom. The highest BCUT2D eigenvalue weighted by Gasteiger charge is 2.30. The van der Waals surface area contributed by atoms with Gasteiger partial charge in [0.2, 0.25) is 0 Å². The van der Waals surface area contributed by atoms with E-state index >= 15 is 0 Å². The monoisotopic (exact) mass is 269 g/mol. The second-order valence-electron chi connectivity index (χ2n) is 4.20. The van der Waals surface area contributed by atoms with Crippen LogP contribution in [0.5, 0.6) is 0 Å². The van der Waals surface area contributed by atoms with Gasteiger partial charge in [0, 0.05) is 0 Å². The van der Waals surface area contributed by atoms with Crippen LogP contribution in [-0.2, 0) is 12.6 Å². The summed E-state index contributed by atoms with van der Waals surface area (Å²) in [4.78, 5) is 0. The van der Waals surface area contributed by atoms with Gasteiger partial charge in [0.05, 0.1) is 17.5 Å². The van der Waals surface area contributed by atoms with Gasteiger partial charge in [-0.25, -0.2) is 0 Å². The molecule has 0 amide bonds. The quantitative estimate of drug-likeness (QED) is 0.896. The van der Waals surface area contributed by atoms with Crippen molar-refractivity contribution < 1.29 is 13.2 Å². The molecule has 102 valence electrons. The smallest absolute Gasteiger partial charge is 0.319 e. The molecule has 19 heavy (non-hydrogen) atoms. The molecule has 0 aliphatic heterocycles. The highest BCUT2D eigenvalue weighted by Crippen LogP contribution is 2.31. The molecular weight excluding hydrogens is 255 g/mol. The van der Waals surface area contributed by atoms with E-state index in [4.69, 9.17) is 0 Å². The van der Waals surface area contributed by atoms with Crippen molar-refractivity contribution in [2.45, 2.75) is 12.6 Å². The van der Waals surface area contributed by atoms with Gasteiger partial charge in [-0.15, -0.1) is 0 Å². The minimum Gasteiger partial charge on any atom is -0.319 e. The number of hydrogen-bond acceptors (Lipinski definition) is 2. The van der Waals surface area contributed by atoms with Crippen molar-refractivity contribution in [3.63, 3.8) is 0 Å². The molecule has 0 unspecified atom stereocenters. The van der Waals surface area contributed by atoms with Gasteiger partial charge in [0.25, 0.3) is 0 Å². The number of H-pyrrole nitrogens is 1. The van der Waals surface area contributed by atoms with Gasteiger partial charge >= 0.3 is 6.18 Å². The molecule has 0 aliphatic carbocycles. The molecular formula is C13H14F3N3. The van der Waals surface area contributed by atoms with E-state index in [9.17, 15) is 13.2 Å². The van der Waals surface area contributed by atoms with Crippen molar-refractivity contribution in [3.05, 3.63) is 41.6 Å². The Bertz CT molecular complexity index is 529. The highest BCUT2D eigenvalue weighted by molar-refractivity contribution is 5.63. The number of likely N-dealkylation sites (N-methyl/N-ethyl adjacent to an activating group) is 1. The molecule has 0 bridgehead atoms. The molecule has 0 aliphatic rings. The lowest BCUT2D eigenvalue weighted by atomic mass is 10.0. The van der Waals surface area contributed by atoms with Gasteiger partial charge in [-0.3, -0.25) is 5.10 Å². The Hall–Kier alpha value is -1.82. The van der Waals surface area contributed by atoms with E-state index in [0.29, 0.717) is 5.56 Å². The van der Waals surface area contributed by atoms with Crippen LogP contribution in [0.2, 0.25) is 0 Å². The van der Waals surface area contributed by atoms with Crippen molar-refractivity contribution in [3.8, 4) is 11.3 Å². The number of benzene rings is 1. The molecule has 0 fully saturated rings. The Morgan fingerprint density at radius 3 is 2.47 bits per heavy atom. The lowest BCUT2D eigenvalue weighted by molar-refractivity contribution is -0.137. The maximum atomic E-state index is 12.5. The predicted octanol–water partition coefficient (Wildman–Crippen LogP) is 2.86. The Kier molecular flexibility index (Phi) is 3.90. The van der Waals surface area contributed by atoms with Crippen LogP contribution in [0.4, 0.5) is 13.2 Å². The zero-order chi connectivity index (χ0) is 13.9. The van der Waals surface area contributed by atoms with E-state index in [1.807, 2.05) is 7.05 Å². The zero-order valence-electron chi connectivity index (χ0n) is 10.4. The number of hydrogen-bond donors (Lipinski definition) is 2. The minimum absolute atomic E-state index is 0.646. The topological polar surface area (TPSA) is 40.7 Å². The molecule has 1 aromatic carbocycles. The van der Waals surface area contributed by atoms with Crippen LogP contribution in [0.1, 0.15) is 11.1 Å². The fourth-order valence-electron chi connectivity index (χ4n) is 1.84. The van der Waals surface area contributed by atoms with E-state index in [0.717, 1.165) is 36.4 Å². The normalized spacial score (nSPS) is 11.8. The summed E-state index contributed by atoms with van der Waals surface area (Å²) in [5, 5.41) is 9.80.